The summed E-state index contributed by atoms with van der Waals surface area (Å²) in [7, 11) is 0. The molecule has 0 fully saturated rings. The van der Waals surface area contributed by atoms with E-state index in [1.54, 1.807) is 0 Å². The summed E-state index contributed by atoms with van der Waals surface area (Å²) in [4.78, 5) is 0. The zero-order chi connectivity index (χ0) is 17.0. The summed E-state index contributed by atoms with van der Waals surface area (Å²) in [6, 6.07) is 27.4. The van der Waals surface area contributed by atoms with Crippen molar-refractivity contribution >= 4 is 0 Å². The van der Waals surface area contributed by atoms with Gasteiger partial charge in [-0.3, -0.25) is 0 Å². The summed E-state index contributed by atoms with van der Waals surface area (Å²) < 4.78 is 0. The molecular weight excluding hydrogens is 290 g/mol. The van der Waals surface area contributed by atoms with Crippen molar-refractivity contribution in [3.63, 3.8) is 0 Å². The molecule has 1 nitrogen and oxygen atoms in total. The fourth-order valence-electron chi connectivity index (χ4n) is 3.63. The molecule has 0 aromatic heterocycles. The first-order valence-corrected chi connectivity index (χ1v) is 8.73. The van der Waals surface area contributed by atoms with E-state index in [4.69, 9.17) is 5.73 Å². The smallest absolute Gasteiger partial charge is 0.0925 e. The van der Waals surface area contributed by atoms with Gasteiger partial charge < -0.3 is 5.73 Å². The summed E-state index contributed by atoms with van der Waals surface area (Å²) in [6.45, 7) is 4.43. The van der Waals surface area contributed by atoms with Crippen LogP contribution < -0.4 is 5.73 Å². The number of hydrogen-bond acceptors (Lipinski definition) is 1. The third kappa shape index (κ3) is 2.76. The van der Waals surface area contributed by atoms with Crippen molar-refractivity contribution in [2.75, 3.05) is 0 Å². The highest BCUT2D eigenvalue weighted by Gasteiger charge is 2.33. The average Bonchev–Trinajstić information content (AvgIpc) is 2.68. The predicted octanol–water partition coefficient (Wildman–Crippen LogP) is 5.06. The Hall–Kier alpha value is -2.38. The molecule has 0 saturated heterocycles. The van der Waals surface area contributed by atoms with Gasteiger partial charge in [0, 0.05) is 0 Å². The zero-order valence-electron chi connectivity index (χ0n) is 14.5. The molecule has 0 spiro atoms. The molecule has 0 radical (unpaired) electrons. The lowest BCUT2D eigenvalue weighted by Gasteiger charge is -2.34. The zero-order valence-corrected chi connectivity index (χ0v) is 14.5. The number of nitrogens with two attached hydrogens (primary N) is 1. The molecule has 0 saturated carbocycles. The molecule has 0 aliphatic heterocycles. The maximum absolute atomic E-state index is 7.16. The van der Waals surface area contributed by atoms with E-state index in [0.717, 1.165) is 24.0 Å². The maximum Gasteiger partial charge on any atom is 0.0925 e. The summed E-state index contributed by atoms with van der Waals surface area (Å²) in [5, 5.41) is 0. The van der Waals surface area contributed by atoms with Crippen molar-refractivity contribution < 1.29 is 0 Å². The molecule has 3 aromatic carbocycles. The van der Waals surface area contributed by atoms with E-state index < -0.39 is 5.54 Å². The van der Waals surface area contributed by atoms with Gasteiger partial charge in [0.2, 0.25) is 0 Å². The van der Waals surface area contributed by atoms with Crippen LogP contribution in [0.1, 0.15) is 41.7 Å². The second-order valence-corrected chi connectivity index (χ2v) is 6.19. The third-order valence-electron chi connectivity index (χ3n) is 4.89. The predicted molar refractivity (Wildman–Crippen MR) is 102 cm³/mol. The summed E-state index contributed by atoms with van der Waals surface area (Å²) in [5.41, 5.74) is 12.7. The molecule has 0 aliphatic rings. The van der Waals surface area contributed by atoms with Crippen LogP contribution >= 0.6 is 0 Å². The molecule has 0 unspecified atom stereocenters. The third-order valence-corrected chi connectivity index (χ3v) is 4.89. The number of aryl methyl sites for hydroxylation is 1. The first kappa shape index (κ1) is 16.5. The number of hydrogen-bond donors (Lipinski definition) is 1. The Balaban J connectivity index is 2.32. The monoisotopic (exact) mass is 315 g/mol. The minimum atomic E-state index is -0.640. The molecule has 3 rings (SSSR count). The summed E-state index contributed by atoms with van der Waals surface area (Å²) in [6.07, 6.45) is 2.01. The molecule has 0 atom stereocenters. The Morgan fingerprint density at radius 1 is 0.667 bits per heavy atom. The van der Waals surface area contributed by atoms with E-state index in [1.807, 2.05) is 12.1 Å². The van der Waals surface area contributed by atoms with Gasteiger partial charge in [0.05, 0.1) is 5.54 Å². The van der Waals surface area contributed by atoms with Crippen LogP contribution in [0.25, 0.3) is 0 Å². The van der Waals surface area contributed by atoms with Gasteiger partial charge in [-0.25, -0.2) is 0 Å². The molecular formula is C23H25N. The molecule has 0 amide bonds. The Labute approximate surface area is 145 Å². The lowest BCUT2D eigenvalue weighted by atomic mass is 9.74. The molecule has 1 heteroatoms. The van der Waals surface area contributed by atoms with Crippen molar-refractivity contribution in [1.29, 1.82) is 0 Å². The van der Waals surface area contributed by atoms with Crippen LogP contribution in [0.2, 0.25) is 0 Å². The van der Waals surface area contributed by atoms with Crippen LogP contribution in [0.5, 0.6) is 0 Å². The Morgan fingerprint density at radius 2 is 1.21 bits per heavy atom. The summed E-state index contributed by atoms with van der Waals surface area (Å²) >= 11 is 0. The molecule has 24 heavy (non-hydrogen) atoms. The average molecular weight is 315 g/mol. The largest absolute Gasteiger partial charge is 0.314 e. The van der Waals surface area contributed by atoms with Crippen LogP contribution in [0.3, 0.4) is 0 Å². The molecule has 122 valence electrons. The fraction of sp³-hybridized carbons (Fsp3) is 0.217. The minimum Gasteiger partial charge on any atom is -0.314 e. The lowest BCUT2D eigenvalue weighted by Crippen LogP contribution is -2.40. The first-order chi connectivity index (χ1) is 11.7. The highest BCUT2D eigenvalue weighted by atomic mass is 14.8. The van der Waals surface area contributed by atoms with E-state index in [1.165, 1.54) is 16.7 Å². The van der Waals surface area contributed by atoms with E-state index in [9.17, 15) is 0 Å². The Kier molecular flexibility index (Phi) is 4.82. The van der Waals surface area contributed by atoms with Crippen LogP contribution in [0, 0.1) is 0 Å². The van der Waals surface area contributed by atoms with Gasteiger partial charge in [-0.15, -0.1) is 0 Å². The Morgan fingerprint density at radius 3 is 1.67 bits per heavy atom. The van der Waals surface area contributed by atoms with Gasteiger partial charge in [-0.05, 0) is 40.7 Å². The van der Waals surface area contributed by atoms with Crippen LogP contribution in [-0.2, 0) is 18.4 Å². The van der Waals surface area contributed by atoms with Gasteiger partial charge >= 0.3 is 0 Å². The molecule has 0 heterocycles. The van der Waals surface area contributed by atoms with Crippen molar-refractivity contribution in [1.82, 2.24) is 0 Å². The fourth-order valence-corrected chi connectivity index (χ4v) is 3.63. The number of rotatable bonds is 5. The second kappa shape index (κ2) is 7.02. The Bertz CT molecular complexity index is 751. The minimum absolute atomic E-state index is 0.640. The SMILES string of the molecule is CCc1cccc(C(N)(c2ccccc2)c2ccccc2)c1CC. The highest BCUT2D eigenvalue weighted by molar-refractivity contribution is 5.53. The van der Waals surface area contributed by atoms with E-state index in [2.05, 4.69) is 80.6 Å². The number of benzene rings is 3. The van der Waals surface area contributed by atoms with E-state index >= 15 is 0 Å². The molecule has 0 bridgehead atoms. The van der Waals surface area contributed by atoms with Gasteiger partial charge in [0.15, 0.2) is 0 Å². The maximum atomic E-state index is 7.16. The molecule has 0 aliphatic carbocycles. The van der Waals surface area contributed by atoms with E-state index in [0.29, 0.717) is 0 Å². The van der Waals surface area contributed by atoms with Gasteiger partial charge in [0.25, 0.3) is 0 Å². The quantitative estimate of drug-likeness (QED) is 0.654. The van der Waals surface area contributed by atoms with Crippen molar-refractivity contribution in [2.24, 2.45) is 5.73 Å². The lowest BCUT2D eigenvalue weighted by molar-refractivity contribution is 0.642. The van der Waals surface area contributed by atoms with Crippen molar-refractivity contribution in [3.05, 3.63) is 107 Å². The normalized spacial score (nSPS) is 11.5. The van der Waals surface area contributed by atoms with Crippen LogP contribution in [0.15, 0.2) is 78.9 Å². The summed E-state index contributed by atoms with van der Waals surface area (Å²) in [5.74, 6) is 0. The second-order valence-electron chi connectivity index (χ2n) is 6.19. The van der Waals surface area contributed by atoms with Crippen LogP contribution in [-0.4, -0.2) is 0 Å². The van der Waals surface area contributed by atoms with Crippen molar-refractivity contribution in [3.8, 4) is 0 Å². The first-order valence-electron chi connectivity index (χ1n) is 8.73. The van der Waals surface area contributed by atoms with Gasteiger partial charge in [-0.1, -0.05) is 92.7 Å². The molecule has 3 aromatic rings. The van der Waals surface area contributed by atoms with Gasteiger partial charge in [-0.2, -0.15) is 0 Å². The van der Waals surface area contributed by atoms with Crippen molar-refractivity contribution in [2.45, 2.75) is 32.2 Å². The molecule has 2 N–H and O–H groups in total. The van der Waals surface area contributed by atoms with E-state index in [-0.39, 0.29) is 0 Å². The van der Waals surface area contributed by atoms with Gasteiger partial charge in [0.1, 0.15) is 0 Å². The van der Waals surface area contributed by atoms with Crippen LogP contribution in [0.4, 0.5) is 0 Å². The standard InChI is InChI=1S/C23H25N/c1-3-18-12-11-17-22(21(18)4-2)23(24,19-13-7-5-8-14-19)20-15-9-6-10-16-20/h5-17H,3-4,24H2,1-2H3. The highest BCUT2D eigenvalue weighted by Crippen LogP contribution is 2.37. The topological polar surface area (TPSA) is 26.0 Å².